The largest absolute Gasteiger partial charge is 0.444 e. The van der Waals surface area contributed by atoms with Crippen molar-refractivity contribution in [1.82, 2.24) is 10.2 Å². The molecule has 0 spiro atoms. The molecule has 0 unspecified atom stereocenters. The Kier molecular flexibility index (Phi) is 5.26. The number of piperidine rings is 1. The Morgan fingerprint density at radius 3 is 2.50 bits per heavy atom. The smallest absolute Gasteiger partial charge is 0.287 e. The lowest BCUT2D eigenvalue weighted by atomic mass is 10.0. The Bertz CT molecular complexity index is 754. The molecule has 1 saturated heterocycles. The number of hydrogen-bond donors (Lipinski definition) is 1. The van der Waals surface area contributed by atoms with E-state index in [9.17, 15) is 9.59 Å². The summed E-state index contributed by atoms with van der Waals surface area (Å²) >= 11 is 9.26. The van der Waals surface area contributed by atoms with Crippen LogP contribution in [0.4, 0.5) is 0 Å². The summed E-state index contributed by atoms with van der Waals surface area (Å²) in [5, 5.41) is 3.40. The molecular formula is C17H16BrClN2O3. The lowest BCUT2D eigenvalue weighted by Crippen LogP contribution is -2.46. The molecule has 2 heterocycles. The zero-order valence-corrected chi connectivity index (χ0v) is 15.1. The lowest BCUT2D eigenvalue weighted by Gasteiger charge is -2.32. The molecule has 1 aliphatic heterocycles. The van der Waals surface area contributed by atoms with Gasteiger partial charge in [0.2, 0.25) is 0 Å². The van der Waals surface area contributed by atoms with E-state index in [-0.39, 0.29) is 23.6 Å². The summed E-state index contributed by atoms with van der Waals surface area (Å²) in [6.07, 6.45) is 1.40. The van der Waals surface area contributed by atoms with Crippen molar-refractivity contribution >= 4 is 39.3 Å². The van der Waals surface area contributed by atoms with Crippen molar-refractivity contribution < 1.29 is 14.0 Å². The summed E-state index contributed by atoms with van der Waals surface area (Å²) in [6.45, 7) is 1.16. The van der Waals surface area contributed by atoms with Gasteiger partial charge in [-0.2, -0.15) is 0 Å². The third-order valence-electron chi connectivity index (χ3n) is 4.02. The Morgan fingerprint density at radius 1 is 1.17 bits per heavy atom. The van der Waals surface area contributed by atoms with Gasteiger partial charge < -0.3 is 14.6 Å². The number of furan rings is 1. The fraction of sp³-hybridized carbons (Fsp3) is 0.294. The van der Waals surface area contributed by atoms with E-state index in [1.54, 1.807) is 41.3 Å². The Hall–Kier alpha value is -1.79. The van der Waals surface area contributed by atoms with E-state index >= 15 is 0 Å². The Balaban J connectivity index is 1.55. The molecule has 2 aromatic rings. The lowest BCUT2D eigenvalue weighted by molar-refractivity contribution is 0.0696. The minimum atomic E-state index is -0.239. The van der Waals surface area contributed by atoms with Crippen LogP contribution >= 0.6 is 27.5 Å². The summed E-state index contributed by atoms with van der Waals surface area (Å²) in [6, 6.07) is 10.4. The molecule has 5 nitrogen and oxygen atoms in total. The zero-order valence-electron chi connectivity index (χ0n) is 12.8. The minimum Gasteiger partial charge on any atom is -0.444 e. The van der Waals surface area contributed by atoms with Crippen LogP contribution < -0.4 is 5.32 Å². The number of likely N-dealkylation sites (tertiary alicyclic amines) is 1. The molecule has 0 atom stereocenters. The SMILES string of the molecule is O=C(NC1CCN(C(=O)c2ccccc2Cl)CC1)c1ccc(Br)o1. The number of benzene rings is 1. The molecule has 1 aromatic heterocycles. The number of rotatable bonds is 3. The van der Waals surface area contributed by atoms with Crippen LogP contribution in [0.5, 0.6) is 0 Å². The number of hydrogen-bond acceptors (Lipinski definition) is 3. The number of halogens is 2. The van der Waals surface area contributed by atoms with E-state index in [0.29, 0.717) is 41.2 Å². The summed E-state index contributed by atoms with van der Waals surface area (Å²) in [4.78, 5) is 26.4. The van der Waals surface area contributed by atoms with Crippen molar-refractivity contribution in [2.24, 2.45) is 0 Å². The van der Waals surface area contributed by atoms with E-state index < -0.39 is 0 Å². The Morgan fingerprint density at radius 2 is 1.88 bits per heavy atom. The van der Waals surface area contributed by atoms with Gasteiger partial charge in [0, 0.05) is 19.1 Å². The first kappa shape index (κ1) is 17.0. The standard InChI is InChI=1S/C17H16BrClN2O3/c18-15-6-5-14(24-15)16(22)20-11-7-9-21(10-8-11)17(23)12-3-1-2-4-13(12)19/h1-6,11H,7-10H2,(H,20,22). The highest BCUT2D eigenvalue weighted by molar-refractivity contribution is 9.10. The maximum absolute atomic E-state index is 12.5. The van der Waals surface area contributed by atoms with Crippen molar-refractivity contribution in [1.29, 1.82) is 0 Å². The van der Waals surface area contributed by atoms with Gasteiger partial charge in [-0.1, -0.05) is 23.7 Å². The number of nitrogens with zero attached hydrogens (tertiary/aromatic N) is 1. The van der Waals surface area contributed by atoms with E-state index in [1.807, 2.05) is 0 Å². The van der Waals surface area contributed by atoms with Gasteiger partial charge in [0.15, 0.2) is 10.4 Å². The fourth-order valence-corrected chi connectivity index (χ4v) is 3.25. The molecule has 1 aromatic carbocycles. The van der Waals surface area contributed by atoms with Crippen molar-refractivity contribution in [2.75, 3.05) is 13.1 Å². The highest BCUT2D eigenvalue weighted by Crippen LogP contribution is 2.20. The molecule has 7 heteroatoms. The molecule has 24 heavy (non-hydrogen) atoms. The van der Waals surface area contributed by atoms with Crippen LogP contribution in [-0.4, -0.2) is 35.8 Å². The van der Waals surface area contributed by atoms with Crippen LogP contribution in [0.1, 0.15) is 33.8 Å². The second-order valence-corrected chi connectivity index (χ2v) is 6.81. The molecule has 0 radical (unpaired) electrons. The van der Waals surface area contributed by atoms with Gasteiger partial charge in [0.1, 0.15) is 0 Å². The van der Waals surface area contributed by atoms with Gasteiger partial charge in [-0.15, -0.1) is 0 Å². The molecule has 0 aliphatic carbocycles. The summed E-state index contributed by atoms with van der Waals surface area (Å²) < 4.78 is 5.76. The fourth-order valence-electron chi connectivity index (χ4n) is 2.72. The van der Waals surface area contributed by atoms with Crippen LogP contribution in [0, 0.1) is 0 Å². The van der Waals surface area contributed by atoms with Gasteiger partial charge in [-0.25, -0.2) is 0 Å². The maximum atomic E-state index is 12.5. The van der Waals surface area contributed by atoms with Gasteiger partial charge >= 0.3 is 0 Å². The summed E-state index contributed by atoms with van der Waals surface area (Å²) in [5.74, 6) is -0.0339. The molecule has 3 rings (SSSR count). The van der Waals surface area contributed by atoms with Crippen LogP contribution in [-0.2, 0) is 0 Å². The van der Waals surface area contributed by atoms with E-state index in [0.717, 1.165) is 0 Å². The highest BCUT2D eigenvalue weighted by Gasteiger charge is 2.26. The molecule has 1 aliphatic rings. The van der Waals surface area contributed by atoms with Crippen molar-refractivity contribution in [3.63, 3.8) is 0 Å². The first-order valence-corrected chi connectivity index (χ1v) is 8.81. The molecule has 0 bridgehead atoms. The molecule has 1 fully saturated rings. The third-order valence-corrected chi connectivity index (χ3v) is 4.77. The minimum absolute atomic E-state index is 0.0247. The topological polar surface area (TPSA) is 62.6 Å². The van der Waals surface area contributed by atoms with E-state index in [1.165, 1.54) is 0 Å². The summed E-state index contributed by atoms with van der Waals surface area (Å²) in [7, 11) is 0. The van der Waals surface area contributed by atoms with Crippen molar-refractivity contribution in [2.45, 2.75) is 18.9 Å². The Labute approximate surface area is 153 Å². The van der Waals surface area contributed by atoms with Crippen LogP contribution in [0.15, 0.2) is 45.5 Å². The number of carbonyl (C=O) groups is 2. The average molecular weight is 412 g/mol. The number of amides is 2. The van der Waals surface area contributed by atoms with Crippen LogP contribution in [0.2, 0.25) is 5.02 Å². The average Bonchev–Trinajstić information content (AvgIpc) is 3.02. The quantitative estimate of drug-likeness (QED) is 0.837. The van der Waals surface area contributed by atoms with Gasteiger partial charge in [-0.05, 0) is 53.0 Å². The zero-order chi connectivity index (χ0) is 17.1. The molecule has 2 amide bonds. The third kappa shape index (κ3) is 3.82. The molecule has 1 N–H and O–H groups in total. The van der Waals surface area contributed by atoms with E-state index in [4.69, 9.17) is 16.0 Å². The first-order valence-electron chi connectivity index (χ1n) is 7.64. The number of carbonyl (C=O) groups excluding carboxylic acids is 2. The molecule has 0 saturated carbocycles. The molecular weight excluding hydrogens is 396 g/mol. The summed E-state index contributed by atoms with van der Waals surface area (Å²) in [5.41, 5.74) is 0.516. The first-order chi connectivity index (χ1) is 11.5. The normalized spacial score (nSPS) is 15.3. The van der Waals surface area contributed by atoms with Crippen molar-refractivity contribution in [3.05, 3.63) is 57.4 Å². The highest BCUT2D eigenvalue weighted by atomic mass is 79.9. The van der Waals surface area contributed by atoms with Crippen LogP contribution in [0.25, 0.3) is 0 Å². The van der Waals surface area contributed by atoms with Gasteiger partial charge in [-0.3, -0.25) is 9.59 Å². The predicted octanol–water partition coefficient (Wildman–Crippen LogP) is 3.73. The second kappa shape index (κ2) is 7.40. The van der Waals surface area contributed by atoms with Gasteiger partial charge in [0.05, 0.1) is 10.6 Å². The second-order valence-electron chi connectivity index (χ2n) is 5.62. The van der Waals surface area contributed by atoms with Crippen LogP contribution in [0.3, 0.4) is 0 Å². The van der Waals surface area contributed by atoms with Crippen molar-refractivity contribution in [3.8, 4) is 0 Å². The number of nitrogens with one attached hydrogen (secondary N) is 1. The monoisotopic (exact) mass is 410 g/mol. The molecule has 126 valence electrons. The van der Waals surface area contributed by atoms with Gasteiger partial charge in [0.25, 0.3) is 11.8 Å². The predicted molar refractivity (Wildman–Crippen MR) is 94.3 cm³/mol. The maximum Gasteiger partial charge on any atom is 0.287 e. The van der Waals surface area contributed by atoms with E-state index in [2.05, 4.69) is 21.2 Å².